The summed E-state index contributed by atoms with van der Waals surface area (Å²) in [6.07, 6.45) is 8.55. The Morgan fingerprint density at radius 3 is 2.76 bits per heavy atom. The number of benzene rings is 1. The second-order valence-electron chi connectivity index (χ2n) is 9.46. The lowest BCUT2D eigenvalue weighted by Crippen LogP contribution is -2.40. The zero-order valence-corrected chi connectivity index (χ0v) is 23.0. The smallest absolute Gasteiger partial charge is 0.165 e. The van der Waals surface area contributed by atoms with E-state index in [1.54, 1.807) is 23.2 Å². The molecule has 1 aromatic carbocycles. The number of aliphatic imine (C=N–C) groups is 2. The van der Waals surface area contributed by atoms with E-state index >= 15 is 0 Å². The van der Waals surface area contributed by atoms with Crippen LogP contribution in [0.1, 0.15) is 69.7 Å². The number of alkyl halides is 1. The Kier molecular flexibility index (Phi) is 10.7. The van der Waals surface area contributed by atoms with E-state index in [4.69, 9.17) is 4.99 Å². The first-order chi connectivity index (χ1) is 18.3. The average molecular weight is 523 g/mol. The van der Waals surface area contributed by atoms with Gasteiger partial charge in [-0.3, -0.25) is 9.79 Å². The van der Waals surface area contributed by atoms with Crippen LogP contribution in [-0.2, 0) is 18.0 Å². The van der Waals surface area contributed by atoms with Crippen molar-refractivity contribution in [3.05, 3.63) is 52.7 Å². The van der Waals surface area contributed by atoms with Gasteiger partial charge in [-0.25, -0.2) is 9.38 Å². The summed E-state index contributed by atoms with van der Waals surface area (Å²) in [5, 5.41) is 20.8. The van der Waals surface area contributed by atoms with Gasteiger partial charge in [0.1, 0.15) is 12.5 Å². The van der Waals surface area contributed by atoms with Crippen molar-refractivity contribution in [3.63, 3.8) is 0 Å². The molecule has 0 saturated carbocycles. The summed E-state index contributed by atoms with van der Waals surface area (Å²) < 4.78 is 15.0. The van der Waals surface area contributed by atoms with Crippen LogP contribution in [0.2, 0.25) is 0 Å². The quantitative estimate of drug-likeness (QED) is 0.261. The number of aliphatic hydroxyl groups is 1. The molecule has 2 atom stereocenters. The maximum Gasteiger partial charge on any atom is 0.165 e. The molecular weight excluding hydrogens is 483 g/mol. The Bertz CT molecular complexity index is 1240. The fraction of sp³-hybridized carbons (Fsp3) is 0.448. The highest BCUT2D eigenvalue weighted by Crippen LogP contribution is 2.32. The van der Waals surface area contributed by atoms with Crippen molar-refractivity contribution < 1.29 is 14.3 Å². The van der Waals surface area contributed by atoms with E-state index < -0.39 is 6.67 Å². The van der Waals surface area contributed by atoms with Crippen LogP contribution in [-0.4, -0.2) is 57.8 Å². The topological polar surface area (TPSA) is 104 Å². The molecule has 9 heteroatoms. The van der Waals surface area contributed by atoms with Gasteiger partial charge in [0, 0.05) is 54.4 Å². The van der Waals surface area contributed by atoms with Crippen molar-refractivity contribution >= 4 is 41.0 Å². The molecule has 0 fully saturated rings. The standard InChI is InChI=1S/C29H39FN6O2/c1-6-26(10-11-37)34-20(4)21(5)35-29-27(18-33-36(29)28(32-7-2)12-19(3)38)25-14-24-13-22(15-30)8-9-23(24)16-31-17-25/h8-9,12-14,17-18,20,26,32,34,37H,6-7,10-11,15-16H2,1-5H3/b28-12+,35-21+. The highest BCUT2D eigenvalue weighted by Gasteiger charge is 2.20. The molecule has 3 N–H and O–H groups in total. The van der Waals surface area contributed by atoms with Gasteiger partial charge in [-0.15, -0.1) is 0 Å². The highest BCUT2D eigenvalue weighted by atomic mass is 19.1. The molecule has 0 saturated heterocycles. The molecule has 0 bridgehead atoms. The number of ketones is 1. The first kappa shape index (κ1) is 29.1. The number of aliphatic hydroxyl groups excluding tert-OH is 1. The van der Waals surface area contributed by atoms with Gasteiger partial charge in [0.25, 0.3) is 0 Å². The van der Waals surface area contributed by atoms with Crippen LogP contribution < -0.4 is 10.6 Å². The summed E-state index contributed by atoms with van der Waals surface area (Å²) in [7, 11) is 0. The van der Waals surface area contributed by atoms with Crippen molar-refractivity contribution in [1.82, 2.24) is 20.4 Å². The van der Waals surface area contributed by atoms with Gasteiger partial charge >= 0.3 is 0 Å². The van der Waals surface area contributed by atoms with Gasteiger partial charge in [0.2, 0.25) is 0 Å². The number of fused-ring (bicyclic) bond motifs is 1. The predicted octanol–water partition coefficient (Wildman–Crippen LogP) is 4.71. The Hall–Kier alpha value is -3.43. The third kappa shape index (κ3) is 7.33. The summed E-state index contributed by atoms with van der Waals surface area (Å²) in [5.41, 5.74) is 4.90. The molecule has 0 aliphatic carbocycles. The van der Waals surface area contributed by atoms with Crippen molar-refractivity contribution in [3.8, 4) is 0 Å². The van der Waals surface area contributed by atoms with Gasteiger partial charge in [0.05, 0.1) is 12.7 Å². The molecule has 1 aliphatic heterocycles. The largest absolute Gasteiger partial charge is 0.396 e. The molecule has 0 spiro atoms. The molecule has 2 unspecified atom stereocenters. The lowest BCUT2D eigenvalue weighted by molar-refractivity contribution is -0.112. The van der Waals surface area contributed by atoms with E-state index in [1.807, 2.05) is 39.0 Å². The lowest BCUT2D eigenvalue weighted by atomic mass is 10.0. The Labute approximate surface area is 224 Å². The van der Waals surface area contributed by atoms with Crippen LogP contribution in [0, 0.1) is 0 Å². The molecule has 204 valence electrons. The van der Waals surface area contributed by atoms with E-state index in [-0.39, 0.29) is 24.5 Å². The molecule has 8 nitrogen and oxygen atoms in total. The number of rotatable bonds is 13. The zero-order valence-electron chi connectivity index (χ0n) is 23.0. The maximum atomic E-state index is 13.4. The highest BCUT2D eigenvalue weighted by molar-refractivity contribution is 6.18. The zero-order chi connectivity index (χ0) is 27.7. The van der Waals surface area contributed by atoms with Crippen molar-refractivity contribution in [2.45, 2.75) is 72.8 Å². The summed E-state index contributed by atoms with van der Waals surface area (Å²) in [6, 6.07) is 5.65. The number of carbonyl (C=O) groups excluding carboxylic acids is 1. The first-order valence-corrected chi connectivity index (χ1v) is 13.2. The van der Waals surface area contributed by atoms with Gasteiger partial charge < -0.3 is 15.7 Å². The molecule has 2 heterocycles. The number of allylic oxidation sites excluding steroid dienone is 2. The average Bonchev–Trinajstić information content (AvgIpc) is 3.18. The Morgan fingerprint density at radius 1 is 1.32 bits per heavy atom. The summed E-state index contributed by atoms with van der Waals surface area (Å²) in [4.78, 5) is 21.6. The number of hydrogen-bond acceptors (Lipinski definition) is 7. The number of hydrogen-bond donors (Lipinski definition) is 3. The van der Waals surface area contributed by atoms with Crippen LogP contribution in [0.4, 0.5) is 10.2 Å². The van der Waals surface area contributed by atoms with Crippen LogP contribution >= 0.6 is 0 Å². The number of nitrogens with zero attached hydrogens (tertiary/aromatic N) is 4. The summed E-state index contributed by atoms with van der Waals surface area (Å²) in [6.45, 7) is 10.2. The van der Waals surface area contributed by atoms with E-state index in [2.05, 4.69) is 27.6 Å². The van der Waals surface area contributed by atoms with Crippen molar-refractivity contribution in [2.75, 3.05) is 13.2 Å². The van der Waals surface area contributed by atoms with Crippen molar-refractivity contribution in [1.29, 1.82) is 0 Å². The SMILES string of the molecule is CCN/C(=C\C(C)=O)n1ncc(C2=Cc3cc(CF)ccc3CN=C2)c1/N=C(\C)C(C)NC(CC)CCO. The minimum Gasteiger partial charge on any atom is -0.396 e. The van der Waals surface area contributed by atoms with E-state index in [9.17, 15) is 14.3 Å². The van der Waals surface area contributed by atoms with E-state index in [1.165, 1.54) is 13.0 Å². The predicted molar refractivity (Wildman–Crippen MR) is 153 cm³/mol. The van der Waals surface area contributed by atoms with Gasteiger partial charge in [-0.05, 0) is 69.4 Å². The fourth-order valence-electron chi connectivity index (χ4n) is 4.29. The van der Waals surface area contributed by atoms with Gasteiger partial charge in [0.15, 0.2) is 11.6 Å². The normalized spacial score (nSPS) is 15.5. The third-order valence-electron chi connectivity index (χ3n) is 6.51. The van der Waals surface area contributed by atoms with Crippen LogP contribution in [0.25, 0.3) is 17.5 Å². The molecule has 0 amide bonds. The second kappa shape index (κ2) is 13.9. The lowest BCUT2D eigenvalue weighted by Gasteiger charge is -2.22. The Balaban J connectivity index is 2.15. The van der Waals surface area contributed by atoms with E-state index in [0.29, 0.717) is 36.7 Å². The summed E-state index contributed by atoms with van der Waals surface area (Å²) in [5.74, 6) is 0.969. The third-order valence-corrected chi connectivity index (χ3v) is 6.51. The molecule has 38 heavy (non-hydrogen) atoms. The Morgan fingerprint density at radius 2 is 2.11 bits per heavy atom. The van der Waals surface area contributed by atoms with Crippen LogP contribution in [0.15, 0.2) is 40.5 Å². The minimum atomic E-state index is -0.536. The van der Waals surface area contributed by atoms with Gasteiger partial charge in [-0.2, -0.15) is 9.78 Å². The van der Waals surface area contributed by atoms with Crippen LogP contribution in [0.5, 0.6) is 0 Å². The summed E-state index contributed by atoms with van der Waals surface area (Å²) >= 11 is 0. The number of nitrogens with one attached hydrogen (secondary N) is 2. The molecule has 0 radical (unpaired) electrons. The monoisotopic (exact) mass is 522 g/mol. The molecule has 1 aromatic heterocycles. The minimum absolute atomic E-state index is 0.0633. The first-order valence-electron chi connectivity index (χ1n) is 13.2. The van der Waals surface area contributed by atoms with Gasteiger partial charge in [-0.1, -0.05) is 19.1 Å². The number of halogens is 1. The van der Waals surface area contributed by atoms with Crippen LogP contribution in [0.3, 0.4) is 0 Å². The number of aromatic nitrogens is 2. The second-order valence-corrected chi connectivity index (χ2v) is 9.46. The molecular formula is C29H39FN6O2. The maximum absolute atomic E-state index is 13.4. The number of carbonyl (C=O) groups is 1. The molecule has 2 aromatic rings. The molecule has 3 rings (SSSR count). The van der Waals surface area contributed by atoms with Crippen molar-refractivity contribution in [2.24, 2.45) is 9.98 Å². The molecule has 1 aliphatic rings. The fourth-order valence-corrected chi connectivity index (χ4v) is 4.29. The van der Waals surface area contributed by atoms with E-state index in [0.717, 1.165) is 34.4 Å².